The Labute approximate surface area is 139 Å². The van der Waals surface area contributed by atoms with Crippen LogP contribution in [0.15, 0.2) is 47.4 Å². The number of thioether (sulfide) groups is 1. The highest BCUT2D eigenvalue weighted by molar-refractivity contribution is 8.00. The summed E-state index contributed by atoms with van der Waals surface area (Å²) in [6.07, 6.45) is 0. The van der Waals surface area contributed by atoms with Crippen LogP contribution in [0.4, 0.5) is 16.2 Å². The van der Waals surface area contributed by atoms with Crippen molar-refractivity contribution in [2.24, 2.45) is 0 Å². The number of para-hydroxylation sites is 1. The highest BCUT2D eigenvalue weighted by Crippen LogP contribution is 2.38. The maximum absolute atomic E-state index is 12.7. The summed E-state index contributed by atoms with van der Waals surface area (Å²) in [4.78, 5) is 15.6. The number of fused-ring (bicyclic) bond motifs is 1. The molecular weight excluding hydrogens is 316 g/mol. The third kappa shape index (κ3) is 3.08. The van der Waals surface area contributed by atoms with Gasteiger partial charge in [0.2, 0.25) is 0 Å². The molecule has 2 aromatic carbocycles. The molecule has 0 aliphatic carbocycles. The van der Waals surface area contributed by atoms with E-state index in [0.29, 0.717) is 16.8 Å². The molecule has 22 heavy (non-hydrogen) atoms. The quantitative estimate of drug-likeness (QED) is 0.780. The Morgan fingerprint density at radius 1 is 1.32 bits per heavy atom. The molecule has 1 unspecified atom stereocenters. The molecule has 0 spiro atoms. The molecule has 0 bridgehead atoms. The van der Waals surface area contributed by atoms with Crippen LogP contribution >= 0.6 is 23.4 Å². The lowest BCUT2D eigenvalue weighted by Crippen LogP contribution is -2.41. The SMILES string of the molecule is Cc1ccc(Cl)cc1NC(=O)N1CC(C)Sc2ccccc21. The molecule has 1 aliphatic heterocycles. The number of rotatable bonds is 1. The van der Waals surface area contributed by atoms with Crippen LogP contribution < -0.4 is 10.2 Å². The topological polar surface area (TPSA) is 32.3 Å². The number of anilines is 2. The van der Waals surface area contributed by atoms with Crippen molar-refractivity contribution in [3.05, 3.63) is 53.1 Å². The average Bonchev–Trinajstić information content (AvgIpc) is 2.50. The number of benzene rings is 2. The Morgan fingerprint density at radius 2 is 2.09 bits per heavy atom. The first-order valence-electron chi connectivity index (χ1n) is 7.15. The van der Waals surface area contributed by atoms with E-state index in [9.17, 15) is 4.79 Å². The van der Waals surface area contributed by atoms with Gasteiger partial charge in [0.15, 0.2) is 0 Å². The van der Waals surface area contributed by atoms with E-state index >= 15 is 0 Å². The van der Waals surface area contributed by atoms with Crippen molar-refractivity contribution in [2.45, 2.75) is 24.0 Å². The molecule has 5 heteroatoms. The number of halogens is 1. The highest BCUT2D eigenvalue weighted by atomic mass is 35.5. The van der Waals surface area contributed by atoms with Crippen LogP contribution in [-0.4, -0.2) is 17.8 Å². The summed E-state index contributed by atoms with van der Waals surface area (Å²) in [6, 6.07) is 13.4. The number of aryl methyl sites for hydroxylation is 1. The van der Waals surface area contributed by atoms with E-state index in [1.165, 1.54) is 0 Å². The highest BCUT2D eigenvalue weighted by Gasteiger charge is 2.26. The maximum atomic E-state index is 12.7. The summed E-state index contributed by atoms with van der Waals surface area (Å²) < 4.78 is 0. The van der Waals surface area contributed by atoms with Crippen molar-refractivity contribution in [3.63, 3.8) is 0 Å². The predicted molar refractivity (Wildman–Crippen MR) is 94.3 cm³/mol. The molecule has 0 aromatic heterocycles. The van der Waals surface area contributed by atoms with Crippen LogP contribution in [0.1, 0.15) is 12.5 Å². The number of hydrogen-bond donors (Lipinski definition) is 1. The fourth-order valence-electron chi connectivity index (χ4n) is 2.49. The van der Waals surface area contributed by atoms with Gasteiger partial charge < -0.3 is 5.32 Å². The summed E-state index contributed by atoms with van der Waals surface area (Å²) in [5, 5.41) is 3.95. The van der Waals surface area contributed by atoms with Crippen molar-refractivity contribution in [3.8, 4) is 0 Å². The molecule has 0 radical (unpaired) electrons. The number of nitrogens with zero attached hydrogens (tertiary/aromatic N) is 1. The van der Waals surface area contributed by atoms with Gasteiger partial charge in [0, 0.05) is 27.4 Å². The number of hydrogen-bond acceptors (Lipinski definition) is 2. The first-order valence-corrected chi connectivity index (χ1v) is 8.40. The smallest absolute Gasteiger partial charge is 0.307 e. The molecule has 114 valence electrons. The molecule has 0 fully saturated rings. The van der Waals surface area contributed by atoms with Gasteiger partial charge in [-0.1, -0.05) is 36.7 Å². The fraction of sp³-hybridized carbons (Fsp3) is 0.235. The Bertz CT molecular complexity index is 720. The molecule has 3 nitrogen and oxygen atoms in total. The van der Waals surface area contributed by atoms with Gasteiger partial charge in [-0.2, -0.15) is 0 Å². The van der Waals surface area contributed by atoms with Crippen LogP contribution in [-0.2, 0) is 0 Å². The van der Waals surface area contributed by atoms with E-state index in [1.807, 2.05) is 37.3 Å². The zero-order chi connectivity index (χ0) is 15.7. The van der Waals surface area contributed by atoms with Gasteiger partial charge >= 0.3 is 6.03 Å². The molecule has 0 saturated heterocycles. The van der Waals surface area contributed by atoms with E-state index in [2.05, 4.69) is 18.3 Å². The van der Waals surface area contributed by atoms with E-state index in [0.717, 1.165) is 21.8 Å². The van der Waals surface area contributed by atoms with Crippen LogP contribution in [0.3, 0.4) is 0 Å². The van der Waals surface area contributed by atoms with Crippen LogP contribution in [0.5, 0.6) is 0 Å². The van der Waals surface area contributed by atoms with E-state index in [1.54, 1.807) is 22.7 Å². The first-order chi connectivity index (χ1) is 10.5. The Morgan fingerprint density at radius 3 is 2.91 bits per heavy atom. The fourth-order valence-corrected chi connectivity index (χ4v) is 3.78. The third-order valence-corrected chi connectivity index (χ3v) is 5.00. The van der Waals surface area contributed by atoms with Gasteiger partial charge in [-0.05, 0) is 36.8 Å². The normalized spacial score (nSPS) is 17.0. The first kappa shape index (κ1) is 15.3. The Balaban J connectivity index is 1.88. The van der Waals surface area contributed by atoms with Gasteiger partial charge in [-0.25, -0.2) is 4.79 Å². The summed E-state index contributed by atoms with van der Waals surface area (Å²) in [7, 11) is 0. The maximum Gasteiger partial charge on any atom is 0.326 e. The zero-order valence-electron chi connectivity index (χ0n) is 12.5. The molecule has 0 saturated carbocycles. The number of carbonyl (C=O) groups excluding carboxylic acids is 1. The summed E-state index contributed by atoms with van der Waals surface area (Å²) in [5.41, 5.74) is 2.70. The van der Waals surface area contributed by atoms with Gasteiger partial charge in [0.25, 0.3) is 0 Å². The average molecular weight is 333 g/mol. The minimum absolute atomic E-state index is 0.120. The lowest BCUT2D eigenvalue weighted by Gasteiger charge is -2.32. The Hall–Kier alpha value is -1.65. The molecule has 1 aliphatic rings. The molecule has 1 N–H and O–H groups in total. The lowest BCUT2D eigenvalue weighted by molar-refractivity contribution is 0.256. The molecule has 2 amide bonds. The van der Waals surface area contributed by atoms with Crippen molar-refractivity contribution in [1.29, 1.82) is 0 Å². The minimum Gasteiger partial charge on any atom is -0.307 e. The van der Waals surface area contributed by atoms with Gasteiger partial charge in [0.1, 0.15) is 0 Å². The second-order valence-corrected chi connectivity index (χ2v) is 7.31. The van der Waals surface area contributed by atoms with E-state index in [-0.39, 0.29) is 6.03 Å². The van der Waals surface area contributed by atoms with Crippen LogP contribution in [0, 0.1) is 6.92 Å². The Kier molecular flexibility index (Phi) is 4.32. The summed E-state index contributed by atoms with van der Waals surface area (Å²) in [5.74, 6) is 0. The number of urea groups is 1. The summed E-state index contributed by atoms with van der Waals surface area (Å²) >= 11 is 7.82. The molecule has 1 heterocycles. The van der Waals surface area contributed by atoms with Crippen LogP contribution in [0.25, 0.3) is 0 Å². The van der Waals surface area contributed by atoms with Gasteiger partial charge in [-0.3, -0.25) is 4.90 Å². The molecule has 3 rings (SSSR count). The zero-order valence-corrected chi connectivity index (χ0v) is 14.0. The number of amides is 2. The predicted octanol–water partition coefficient (Wildman–Crippen LogP) is 5.18. The van der Waals surface area contributed by atoms with E-state index in [4.69, 9.17) is 11.6 Å². The van der Waals surface area contributed by atoms with Crippen molar-refractivity contribution < 1.29 is 4.79 Å². The largest absolute Gasteiger partial charge is 0.326 e. The van der Waals surface area contributed by atoms with Crippen molar-refractivity contribution in [2.75, 3.05) is 16.8 Å². The molecular formula is C17H17ClN2OS. The lowest BCUT2D eigenvalue weighted by atomic mass is 10.2. The standard InChI is InChI=1S/C17H17ClN2OS/c1-11-7-8-13(18)9-14(11)19-17(21)20-10-12(2)22-16-6-4-3-5-15(16)20/h3-9,12H,10H2,1-2H3,(H,19,21). The monoisotopic (exact) mass is 332 g/mol. The molecule has 2 aromatic rings. The summed E-state index contributed by atoms with van der Waals surface area (Å²) in [6.45, 7) is 4.77. The van der Waals surface area contributed by atoms with Crippen molar-refractivity contribution >= 4 is 40.8 Å². The minimum atomic E-state index is -0.120. The van der Waals surface area contributed by atoms with Crippen molar-refractivity contribution in [1.82, 2.24) is 0 Å². The van der Waals surface area contributed by atoms with E-state index < -0.39 is 0 Å². The third-order valence-electron chi connectivity index (χ3n) is 3.61. The number of nitrogens with one attached hydrogen (secondary N) is 1. The number of carbonyl (C=O) groups is 1. The van der Waals surface area contributed by atoms with Gasteiger partial charge in [-0.15, -0.1) is 11.8 Å². The second kappa shape index (κ2) is 6.23. The van der Waals surface area contributed by atoms with Crippen LogP contribution in [0.2, 0.25) is 5.02 Å². The van der Waals surface area contributed by atoms with Gasteiger partial charge in [0.05, 0.1) is 5.69 Å². The molecule has 1 atom stereocenters. The second-order valence-electron chi connectivity index (χ2n) is 5.40.